The van der Waals surface area contributed by atoms with Gasteiger partial charge in [-0.1, -0.05) is 42.5 Å². The van der Waals surface area contributed by atoms with Gasteiger partial charge in [-0.25, -0.2) is 0 Å². The molecule has 0 amide bonds. The van der Waals surface area contributed by atoms with Crippen LogP contribution in [0.15, 0.2) is 41.4 Å². The normalized spacial score (nSPS) is 19.9. The molecule has 3 rings (SSSR count). The third-order valence-corrected chi connectivity index (χ3v) is 4.68. The molecule has 1 saturated carbocycles. The molecule has 2 aliphatic rings. The minimum Gasteiger partial charge on any atom is -0.357 e. The molecule has 0 bridgehead atoms. The van der Waals surface area contributed by atoms with Gasteiger partial charge < -0.3 is 10.2 Å². The van der Waals surface area contributed by atoms with E-state index in [0.717, 1.165) is 57.7 Å². The molecule has 24 heavy (non-hydrogen) atoms. The number of rotatable bonds is 6. The number of nitrogens with one attached hydrogen (secondary N) is 1. The Labute approximate surface area is 146 Å². The molecule has 0 unspecified atom stereocenters. The Bertz CT molecular complexity index is 540. The zero-order valence-corrected chi connectivity index (χ0v) is 14.8. The molecule has 4 nitrogen and oxygen atoms in total. The van der Waals surface area contributed by atoms with Crippen LogP contribution in [0.4, 0.5) is 0 Å². The van der Waals surface area contributed by atoms with E-state index in [9.17, 15) is 0 Å². The van der Waals surface area contributed by atoms with Crippen LogP contribution in [0.3, 0.4) is 0 Å². The van der Waals surface area contributed by atoms with Crippen molar-refractivity contribution in [1.29, 1.82) is 0 Å². The first-order chi connectivity index (χ1) is 11.8. The second kappa shape index (κ2) is 8.88. The zero-order valence-electron chi connectivity index (χ0n) is 14.8. The van der Waals surface area contributed by atoms with E-state index in [2.05, 4.69) is 64.5 Å². The van der Waals surface area contributed by atoms with Gasteiger partial charge in [-0.15, -0.1) is 0 Å². The quantitative estimate of drug-likeness (QED) is 0.644. The summed E-state index contributed by atoms with van der Waals surface area (Å²) in [6.45, 7) is 9.47. The molecule has 1 saturated heterocycles. The average molecular weight is 326 g/mol. The summed E-state index contributed by atoms with van der Waals surface area (Å²) < 4.78 is 0. The summed E-state index contributed by atoms with van der Waals surface area (Å²) in [4.78, 5) is 9.76. The van der Waals surface area contributed by atoms with Crippen molar-refractivity contribution >= 4 is 12.0 Å². The van der Waals surface area contributed by atoms with Crippen molar-refractivity contribution in [2.45, 2.75) is 19.8 Å². The molecule has 2 fully saturated rings. The monoisotopic (exact) mass is 326 g/mol. The molecule has 1 aliphatic carbocycles. The maximum atomic E-state index is 4.82. The molecule has 1 aliphatic heterocycles. The lowest BCUT2D eigenvalue weighted by atomic mass is 10.2. The van der Waals surface area contributed by atoms with Crippen LogP contribution in [0, 0.1) is 5.92 Å². The highest BCUT2D eigenvalue weighted by atomic mass is 15.3. The van der Waals surface area contributed by atoms with E-state index in [0.29, 0.717) is 0 Å². The molecular formula is C20H30N4. The van der Waals surface area contributed by atoms with E-state index in [-0.39, 0.29) is 0 Å². The van der Waals surface area contributed by atoms with E-state index in [1.165, 1.54) is 18.4 Å². The molecular weight excluding hydrogens is 296 g/mol. The van der Waals surface area contributed by atoms with Gasteiger partial charge in [0.1, 0.15) is 0 Å². The fourth-order valence-electron chi connectivity index (χ4n) is 2.99. The number of aliphatic imine (C=N–C) groups is 1. The van der Waals surface area contributed by atoms with Crippen LogP contribution in [0.1, 0.15) is 25.3 Å². The van der Waals surface area contributed by atoms with Gasteiger partial charge in [-0.3, -0.25) is 9.89 Å². The molecule has 1 aromatic rings. The Morgan fingerprint density at radius 2 is 1.92 bits per heavy atom. The Kier molecular flexibility index (Phi) is 6.30. The zero-order chi connectivity index (χ0) is 16.6. The smallest absolute Gasteiger partial charge is 0.194 e. The minimum atomic E-state index is 0.850. The van der Waals surface area contributed by atoms with E-state index in [4.69, 9.17) is 4.99 Å². The van der Waals surface area contributed by atoms with E-state index >= 15 is 0 Å². The first-order valence-corrected chi connectivity index (χ1v) is 9.32. The highest BCUT2D eigenvalue weighted by molar-refractivity contribution is 5.80. The fraction of sp³-hybridized carbons (Fsp3) is 0.550. The second-order valence-corrected chi connectivity index (χ2v) is 6.74. The summed E-state index contributed by atoms with van der Waals surface area (Å²) in [6.07, 6.45) is 7.22. The summed E-state index contributed by atoms with van der Waals surface area (Å²) in [7, 11) is 0. The number of guanidine groups is 1. The van der Waals surface area contributed by atoms with Crippen molar-refractivity contribution in [3.05, 3.63) is 42.0 Å². The minimum absolute atomic E-state index is 0.850. The molecule has 0 radical (unpaired) electrons. The number of hydrogen-bond acceptors (Lipinski definition) is 2. The van der Waals surface area contributed by atoms with Crippen LogP contribution >= 0.6 is 0 Å². The molecule has 1 N–H and O–H groups in total. The molecule has 0 atom stereocenters. The Morgan fingerprint density at radius 3 is 2.58 bits per heavy atom. The summed E-state index contributed by atoms with van der Waals surface area (Å²) >= 11 is 0. The van der Waals surface area contributed by atoms with Gasteiger partial charge in [0.05, 0.1) is 0 Å². The maximum absolute atomic E-state index is 4.82. The van der Waals surface area contributed by atoms with E-state index < -0.39 is 0 Å². The second-order valence-electron chi connectivity index (χ2n) is 6.74. The van der Waals surface area contributed by atoms with E-state index in [1.807, 2.05) is 0 Å². The topological polar surface area (TPSA) is 30.9 Å². The third kappa shape index (κ3) is 5.38. The predicted octanol–water partition coefficient (Wildman–Crippen LogP) is 2.69. The highest BCUT2D eigenvalue weighted by Crippen LogP contribution is 2.28. The summed E-state index contributed by atoms with van der Waals surface area (Å²) in [5.41, 5.74) is 1.28. The molecule has 130 valence electrons. The van der Waals surface area contributed by atoms with Crippen molar-refractivity contribution < 1.29 is 0 Å². The van der Waals surface area contributed by atoms with Crippen molar-refractivity contribution in [1.82, 2.24) is 15.1 Å². The third-order valence-electron chi connectivity index (χ3n) is 4.68. The Balaban J connectivity index is 1.44. The van der Waals surface area contributed by atoms with Gasteiger partial charge in [0.25, 0.3) is 0 Å². The van der Waals surface area contributed by atoms with Crippen molar-refractivity contribution in [3.8, 4) is 0 Å². The first kappa shape index (κ1) is 17.0. The Hall–Kier alpha value is -1.81. The van der Waals surface area contributed by atoms with Crippen molar-refractivity contribution in [3.63, 3.8) is 0 Å². The van der Waals surface area contributed by atoms with Gasteiger partial charge in [0.2, 0.25) is 0 Å². The lowest BCUT2D eigenvalue weighted by molar-refractivity contribution is 0.194. The van der Waals surface area contributed by atoms with E-state index in [1.54, 1.807) is 0 Å². The molecule has 1 aromatic carbocycles. The molecule has 0 spiro atoms. The van der Waals surface area contributed by atoms with Gasteiger partial charge in [0, 0.05) is 45.8 Å². The van der Waals surface area contributed by atoms with Crippen LogP contribution in [0.25, 0.3) is 6.08 Å². The number of hydrogen-bond donors (Lipinski definition) is 1. The van der Waals surface area contributed by atoms with Crippen LogP contribution in [-0.2, 0) is 0 Å². The first-order valence-electron chi connectivity index (χ1n) is 9.32. The summed E-state index contributed by atoms with van der Waals surface area (Å²) in [5.74, 6) is 1.96. The largest absolute Gasteiger partial charge is 0.357 e. The molecule has 0 aromatic heterocycles. The maximum Gasteiger partial charge on any atom is 0.194 e. The fourth-order valence-corrected chi connectivity index (χ4v) is 2.99. The van der Waals surface area contributed by atoms with Crippen molar-refractivity contribution in [2.24, 2.45) is 10.9 Å². The van der Waals surface area contributed by atoms with Crippen LogP contribution in [0.5, 0.6) is 0 Å². The van der Waals surface area contributed by atoms with Crippen LogP contribution in [0.2, 0.25) is 0 Å². The van der Waals surface area contributed by atoms with Gasteiger partial charge in [-0.05, 0) is 31.2 Å². The average Bonchev–Trinajstić information content (AvgIpc) is 3.45. The van der Waals surface area contributed by atoms with Gasteiger partial charge >= 0.3 is 0 Å². The lowest BCUT2D eigenvalue weighted by Gasteiger charge is -2.36. The summed E-state index contributed by atoms with van der Waals surface area (Å²) in [6, 6.07) is 10.5. The number of benzene rings is 1. The number of piperazine rings is 1. The van der Waals surface area contributed by atoms with Crippen LogP contribution in [-0.4, -0.2) is 61.6 Å². The molecule has 1 heterocycles. The predicted molar refractivity (Wildman–Crippen MR) is 102 cm³/mol. The van der Waals surface area contributed by atoms with Crippen molar-refractivity contribution in [2.75, 3.05) is 45.8 Å². The SMILES string of the molecule is CCNC(=NCC1CC1)N1CCN(C/C=C/c2ccccc2)CC1. The van der Waals surface area contributed by atoms with Gasteiger partial charge in [0.15, 0.2) is 5.96 Å². The van der Waals surface area contributed by atoms with Crippen LogP contribution < -0.4 is 5.32 Å². The lowest BCUT2D eigenvalue weighted by Crippen LogP contribution is -2.52. The summed E-state index contributed by atoms with van der Waals surface area (Å²) in [5, 5.41) is 3.46. The number of nitrogens with zero attached hydrogens (tertiary/aromatic N) is 3. The Morgan fingerprint density at radius 1 is 1.17 bits per heavy atom. The molecule has 4 heteroatoms. The standard InChI is InChI=1S/C20H30N4/c1-2-21-20(22-17-19-10-11-19)24-15-13-23(14-16-24)12-6-9-18-7-4-3-5-8-18/h3-9,19H,2,10-17H2,1H3,(H,21,22)/b9-6+. The highest BCUT2D eigenvalue weighted by Gasteiger charge is 2.23. The van der Waals surface area contributed by atoms with Gasteiger partial charge in [-0.2, -0.15) is 0 Å².